The topological polar surface area (TPSA) is 86.5 Å². The zero-order valence-corrected chi connectivity index (χ0v) is 9.15. The maximum atomic E-state index is 10.9. The van der Waals surface area contributed by atoms with Crippen molar-refractivity contribution in [2.75, 3.05) is 5.75 Å². The van der Waals surface area contributed by atoms with Crippen LogP contribution < -0.4 is 5.76 Å². The number of aromatic amines is 1. The molecule has 5 nitrogen and oxygen atoms in total. The molecule has 0 aliphatic carbocycles. The second-order valence-corrected chi connectivity index (χ2v) is 3.83. The molecule has 0 saturated heterocycles. The summed E-state index contributed by atoms with van der Waals surface area (Å²) in [5.41, 5.74) is 1.39. The van der Waals surface area contributed by atoms with Gasteiger partial charge in [0.25, 0.3) is 0 Å². The molecule has 0 fully saturated rings. The summed E-state index contributed by atoms with van der Waals surface area (Å²) in [6.07, 6.45) is -1.99. The van der Waals surface area contributed by atoms with Crippen molar-refractivity contribution in [1.82, 2.24) is 4.98 Å². The van der Waals surface area contributed by atoms with Crippen molar-refractivity contribution in [2.24, 2.45) is 0 Å². The van der Waals surface area contributed by atoms with Crippen LogP contribution in [0.2, 0.25) is 0 Å². The quantitative estimate of drug-likeness (QED) is 0.587. The number of aliphatic hydroxyl groups excluding tert-OH is 2. The van der Waals surface area contributed by atoms with Gasteiger partial charge in [-0.25, -0.2) is 4.79 Å². The van der Waals surface area contributed by atoms with Gasteiger partial charge in [-0.2, -0.15) is 12.6 Å². The number of nitrogens with one attached hydrogen (secondary N) is 1. The molecule has 3 N–H and O–H groups in total. The lowest BCUT2D eigenvalue weighted by Gasteiger charge is -2.15. The molecule has 1 aromatic carbocycles. The molecule has 0 bridgehead atoms. The van der Waals surface area contributed by atoms with Crippen molar-refractivity contribution in [3.63, 3.8) is 0 Å². The molecular formula is C10H11NO4S. The first kappa shape index (κ1) is 11.3. The van der Waals surface area contributed by atoms with Gasteiger partial charge in [0.15, 0.2) is 5.58 Å². The molecule has 0 amide bonds. The highest BCUT2D eigenvalue weighted by atomic mass is 32.1. The van der Waals surface area contributed by atoms with Gasteiger partial charge in [-0.1, -0.05) is 6.07 Å². The van der Waals surface area contributed by atoms with E-state index in [-0.39, 0.29) is 5.75 Å². The van der Waals surface area contributed by atoms with Crippen LogP contribution >= 0.6 is 12.6 Å². The number of oxazole rings is 1. The van der Waals surface area contributed by atoms with E-state index in [1.807, 2.05) is 0 Å². The van der Waals surface area contributed by atoms with Gasteiger partial charge in [0.2, 0.25) is 0 Å². The number of hydrogen-bond acceptors (Lipinski definition) is 5. The van der Waals surface area contributed by atoms with Crippen LogP contribution in [-0.2, 0) is 0 Å². The predicted molar refractivity (Wildman–Crippen MR) is 61.7 cm³/mol. The van der Waals surface area contributed by atoms with E-state index in [1.54, 1.807) is 12.1 Å². The molecule has 2 unspecified atom stereocenters. The van der Waals surface area contributed by atoms with E-state index < -0.39 is 18.0 Å². The van der Waals surface area contributed by atoms with Crippen LogP contribution in [0.25, 0.3) is 11.1 Å². The lowest BCUT2D eigenvalue weighted by molar-refractivity contribution is 0.0338. The number of hydrogen-bond donors (Lipinski definition) is 4. The number of aliphatic hydroxyl groups is 2. The molecule has 0 radical (unpaired) electrons. The van der Waals surface area contributed by atoms with Gasteiger partial charge < -0.3 is 14.6 Å². The lowest BCUT2D eigenvalue weighted by Crippen LogP contribution is -2.19. The molecule has 1 aromatic heterocycles. The molecule has 1 heterocycles. The van der Waals surface area contributed by atoms with Crippen LogP contribution in [0.4, 0.5) is 0 Å². The molecule has 0 aliphatic rings. The number of H-pyrrole nitrogens is 1. The fourth-order valence-electron chi connectivity index (χ4n) is 1.47. The van der Waals surface area contributed by atoms with Crippen LogP contribution in [-0.4, -0.2) is 27.1 Å². The Kier molecular flexibility index (Phi) is 3.04. The minimum Gasteiger partial charge on any atom is -0.408 e. The van der Waals surface area contributed by atoms with E-state index in [4.69, 9.17) is 4.42 Å². The first-order valence-corrected chi connectivity index (χ1v) is 5.35. The number of thiol groups is 1. The third-order valence-electron chi connectivity index (χ3n) is 2.34. The molecule has 0 aliphatic heterocycles. The van der Waals surface area contributed by atoms with E-state index in [0.717, 1.165) is 0 Å². The maximum absolute atomic E-state index is 10.9. The zero-order chi connectivity index (χ0) is 11.7. The number of rotatable bonds is 3. The van der Waals surface area contributed by atoms with Gasteiger partial charge in [0.05, 0.1) is 11.6 Å². The Morgan fingerprint density at radius 1 is 1.44 bits per heavy atom. The number of fused-ring (bicyclic) bond motifs is 1. The molecule has 16 heavy (non-hydrogen) atoms. The molecule has 2 atom stereocenters. The summed E-state index contributed by atoms with van der Waals surface area (Å²) in [5.74, 6) is -0.396. The summed E-state index contributed by atoms with van der Waals surface area (Å²) >= 11 is 3.89. The van der Waals surface area contributed by atoms with Crippen molar-refractivity contribution < 1.29 is 14.6 Å². The highest BCUT2D eigenvalue weighted by Gasteiger charge is 2.17. The van der Waals surface area contributed by atoms with E-state index >= 15 is 0 Å². The number of benzene rings is 1. The average molecular weight is 241 g/mol. The van der Waals surface area contributed by atoms with Crippen LogP contribution in [0, 0.1) is 0 Å². The molecule has 0 spiro atoms. The third kappa shape index (κ3) is 1.99. The number of aromatic nitrogens is 1. The largest absolute Gasteiger partial charge is 0.417 e. The van der Waals surface area contributed by atoms with E-state index in [9.17, 15) is 15.0 Å². The van der Waals surface area contributed by atoms with Gasteiger partial charge in [-0.05, 0) is 17.7 Å². The Labute approximate surface area is 96.1 Å². The summed E-state index contributed by atoms with van der Waals surface area (Å²) in [7, 11) is 0. The van der Waals surface area contributed by atoms with Crippen molar-refractivity contribution in [3.05, 3.63) is 34.3 Å². The second-order valence-electron chi connectivity index (χ2n) is 3.46. The van der Waals surface area contributed by atoms with Gasteiger partial charge >= 0.3 is 5.76 Å². The standard InChI is InChI=1S/C10H11NO4S/c12-7(4-16)9(13)5-1-2-6-8(3-5)15-10(14)11-6/h1-3,7,9,12-13,16H,4H2,(H,11,14). The Morgan fingerprint density at radius 2 is 2.19 bits per heavy atom. The Bertz CT molecular complexity index is 547. The molecule has 2 rings (SSSR count). The van der Waals surface area contributed by atoms with Crippen molar-refractivity contribution in [2.45, 2.75) is 12.2 Å². The zero-order valence-electron chi connectivity index (χ0n) is 8.25. The lowest BCUT2D eigenvalue weighted by atomic mass is 10.1. The van der Waals surface area contributed by atoms with E-state index in [1.165, 1.54) is 6.07 Å². The minimum atomic E-state index is -1.04. The Balaban J connectivity index is 2.42. The van der Waals surface area contributed by atoms with Crippen molar-refractivity contribution in [3.8, 4) is 0 Å². The van der Waals surface area contributed by atoms with E-state index in [2.05, 4.69) is 17.6 Å². The highest BCUT2D eigenvalue weighted by Crippen LogP contribution is 2.21. The normalized spacial score (nSPS) is 15.2. The third-order valence-corrected chi connectivity index (χ3v) is 2.71. The van der Waals surface area contributed by atoms with Gasteiger partial charge in [-0.15, -0.1) is 0 Å². The van der Waals surface area contributed by atoms with Gasteiger partial charge in [0, 0.05) is 5.75 Å². The highest BCUT2D eigenvalue weighted by molar-refractivity contribution is 7.80. The van der Waals surface area contributed by atoms with Crippen LogP contribution in [0.3, 0.4) is 0 Å². The summed E-state index contributed by atoms with van der Waals surface area (Å²) < 4.78 is 4.85. The first-order valence-electron chi connectivity index (χ1n) is 4.71. The van der Waals surface area contributed by atoms with Crippen LogP contribution in [0.15, 0.2) is 27.4 Å². The van der Waals surface area contributed by atoms with Gasteiger partial charge in [-0.3, -0.25) is 4.98 Å². The second kappa shape index (κ2) is 4.32. The molecule has 2 aromatic rings. The monoisotopic (exact) mass is 241 g/mol. The fourth-order valence-corrected chi connectivity index (χ4v) is 1.67. The summed E-state index contributed by atoms with van der Waals surface area (Å²) in [6, 6.07) is 4.75. The van der Waals surface area contributed by atoms with Gasteiger partial charge in [0.1, 0.15) is 6.10 Å². The predicted octanol–water partition coefficient (Wildman–Crippen LogP) is 0.445. The average Bonchev–Trinajstić information content (AvgIpc) is 2.65. The SMILES string of the molecule is O=c1[nH]c2ccc(C(O)C(O)CS)cc2o1. The molecule has 6 heteroatoms. The fraction of sp³-hybridized carbons (Fsp3) is 0.300. The molecular weight excluding hydrogens is 230 g/mol. The van der Waals surface area contributed by atoms with Crippen molar-refractivity contribution in [1.29, 1.82) is 0 Å². The summed E-state index contributed by atoms with van der Waals surface area (Å²) in [4.78, 5) is 13.4. The summed E-state index contributed by atoms with van der Waals surface area (Å²) in [5, 5.41) is 19.2. The van der Waals surface area contributed by atoms with E-state index in [0.29, 0.717) is 16.7 Å². The molecule has 86 valence electrons. The maximum Gasteiger partial charge on any atom is 0.417 e. The Morgan fingerprint density at radius 3 is 2.88 bits per heavy atom. The smallest absolute Gasteiger partial charge is 0.408 e. The molecule has 0 saturated carbocycles. The Hall–Kier alpha value is -1.24. The van der Waals surface area contributed by atoms with Crippen LogP contribution in [0.5, 0.6) is 0 Å². The first-order chi connectivity index (χ1) is 7.61. The minimum absolute atomic E-state index is 0.149. The summed E-state index contributed by atoms with van der Waals surface area (Å²) in [6.45, 7) is 0. The van der Waals surface area contributed by atoms with Crippen molar-refractivity contribution >= 4 is 23.7 Å². The van der Waals surface area contributed by atoms with Crippen LogP contribution in [0.1, 0.15) is 11.7 Å².